The molecule has 0 aliphatic carbocycles. The van der Waals surface area contributed by atoms with Crippen LogP contribution in [0.3, 0.4) is 0 Å². The van der Waals surface area contributed by atoms with E-state index in [0.717, 1.165) is 6.42 Å². The van der Waals surface area contributed by atoms with Crippen molar-refractivity contribution in [1.82, 2.24) is 0 Å². The van der Waals surface area contributed by atoms with Gasteiger partial charge in [-0.1, -0.05) is 32.8 Å². The Bertz CT molecular complexity index is 130. The van der Waals surface area contributed by atoms with E-state index in [-0.39, 0.29) is 0 Å². The summed E-state index contributed by atoms with van der Waals surface area (Å²) in [6.45, 7) is 8.94. The Balaban J connectivity index is 3.59. The fourth-order valence-electron chi connectivity index (χ4n) is 1.13. The lowest BCUT2D eigenvalue weighted by Gasteiger charge is -2.20. The zero-order valence-corrected chi connectivity index (χ0v) is 9.89. The van der Waals surface area contributed by atoms with Gasteiger partial charge in [0.25, 0.3) is 0 Å². The molecule has 0 aliphatic heterocycles. The van der Waals surface area contributed by atoms with Crippen molar-refractivity contribution in [2.75, 3.05) is 0 Å². The fraction of sp³-hybridized carbons (Fsp3) is 0.800. The first kappa shape index (κ1) is 11.8. The van der Waals surface area contributed by atoms with Crippen LogP contribution in [0.2, 0.25) is 19.1 Å². The third kappa shape index (κ3) is 6.47. The van der Waals surface area contributed by atoms with Crippen molar-refractivity contribution >= 4 is 8.32 Å². The summed E-state index contributed by atoms with van der Waals surface area (Å²) < 4.78 is 5.73. The molecule has 72 valence electrons. The van der Waals surface area contributed by atoms with Crippen LogP contribution in [-0.4, -0.2) is 8.32 Å². The molecule has 0 rings (SSSR count). The van der Waals surface area contributed by atoms with Gasteiger partial charge in [-0.2, -0.15) is 0 Å². The summed E-state index contributed by atoms with van der Waals surface area (Å²) in [6, 6.07) is 1.25. The largest absolute Gasteiger partial charge is 0.550 e. The molecule has 2 heteroatoms. The van der Waals surface area contributed by atoms with E-state index in [1.165, 1.54) is 18.9 Å². The molecule has 0 bridgehead atoms. The van der Waals surface area contributed by atoms with Gasteiger partial charge in [-0.05, 0) is 25.6 Å². The van der Waals surface area contributed by atoms with Crippen LogP contribution in [0.25, 0.3) is 0 Å². The second-order valence-corrected chi connectivity index (χ2v) is 8.04. The van der Waals surface area contributed by atoms with Crippen LogP contribution in [-0.2, 0) is 4.43 Å². The number of unbranched alkanes of at least 4 members (excludes halogenated alkanes) is 1. The molecule has 0 saturated carbocycles. The van der Waals surface area contributed by atoms with Gasteiger partial charge in [-0.25, -0.2) is 0 Å². The van der Waals surface area contributed by atoms with E-state index in [2.05, 4.69) is 33.0 Å². The Morgan fingerprint density at radius 3 is 2.33 bits per heavy atom. The minimum Gasteiger partial charge on any atom is -0.550 e. The summed E-state index contributed by atoms with van der Waals surface area (Å²) in [5.74, 6) is 0. The van der Waals surface area contributed by atoms with Gasteiger partial charge in [0, 0.05) is 0 Å². The van der Waals surface area contributed by atoms with Gasteiger partial charge >= 0.3 is 0 Å². The molecule has 0 spiro atoms. The van der Waals surface area contributed by atoms with Crippen molar-refractivity contribution in [1.29, 1.82) is 0 Å². The first-order valence-corrected chi connectivity index (χ1v) is 8.06. The normalized spacial score (nSPS) is 12.3. The average molecular weight is 186 g/mol. The van der Waals surface area contributed by atoms with E-state index >= 15 is 0 Å². The molecule has 0 aromatic carbocycles. The highest BCUT2D eigenvalue weighted by atomic mass is 28.4. The fourth-order valence-corrected chi connectivity index (χ4v) is 2.91. The van der Waals surface area contributed by atoms with E-state index in [0.29, 0.717) is 0 Å². The molecule has 0 radical (unpaired) electrons. The molecular formula is C10H22OSi. The van der Waals surface area contributed by atoms with E-state index < -0.39 is 8.32 Å². The van der Waals surface area contributed by atoms with E-state index in [1.54, 1.807) is 0 Å². The first-order valence-electron chi connectivity index (χ1n) is 4.95. The van der Waals surface area contributed by atoms with Gasteiger partial charge in [0.2, 0.25) is 8.32 Å². The van der Waals surface area contributed by atoms with Gasteiger partial charge in [0.15, 0.2) is 0 Å². The smallest absolute Gasteiger partial charge is 0.244 e. The van der Waals surface area contributed by atoms with E-state index in [9.17, 15) is 0 Å². The third-order valence-electron chi connectivity index (χ3n) is 1.79. The van der Waals surface area contributed by atoms with Gasteiger partial charge in [-0.15, -0.1) is 0 Å². The maximum atomic E-state index is 5.73. The van der Waals surface area contributed by atoms with Crippen LogP contribution in [0.15, 0.2) is 12.3 Å². The minimum atomic E-state index is -1.34. The molecule has 0 aromatic heterocycles. The van der Waals surface area contributed by atoms with Crippen LogP contribution in [0.4, 0.5) is 0 Å². The molecule has 0 amide bonds. The summed E-state index contributed by atoms with van der Waals surface area (Å²) in [4.78, 5) is 0. The summed E-state index contributed by atoms with van der Waals surface area (Å²) in [5, 5.41) is 0. The van der Waals surface area contributed by atoms with Gasteiger partial charge in [0.05, 0.1) is 6.26 Å². The van der Waals surface area contributed by atoms with Gasteiger partial charge in [0.1, 0.15) is 0 Å². The summed E-state index contributed by atoms with van der Waals surface area (Å²) in [7, 11) is -1.34. The van der Waals surface area contributed by atoms with Crippen molar-refractivity contribution in [2.45, 2.75) is 52.2 Å². The molecule has 0 heterocycles. The minimum absolute atomic E-state index is 1.14. The monoisotopic (exact) mass is 186 g/mol. The summed E-state index contributed by atoms with van der Waals surface area (Å²) in [6.07, 6.45) is 7.61. The standard InChI is InChI=1S/C10H22OSi/c1-5-7-8-9-11-12(3,4)10-6-2/h8-9H,5-7,10H2,1-4H3. The summed E-state index contributed by atoms with van der Waals surface area (Å²) in [5.41, 5.74) is 0. The SMILES string of the molecule is CCCC=CO[Si](C)(C)CCC. The highest BCUT2D eigenvalue weighted by Gasteiger charge is 2.20. The third-order valence-corrected chi connectivity index (χ3v) is 4.27. The Hall–Kier alpha value is -0.243. The van der Waals surface area contributed by atoms with E-state index in [4.69, 9.17) is 4.43 Å². The van der Waals surface area contributed by atoms with Crippen molar-refractivity contribution in [3.8, 4) is 0 Å². The average Bonchev–Trinajstić information content (AvgIpc) is 1.98. The van der Waals surface area contributed by atoms with Crippen LogP contribution in [0, 0.1) is 0 Å². The predicted molar refractivity (Wildman–Crippen MR) is 57.7 cm³/mol. The van der Waals surface area contributed by atoms with Crippen molar-refractivity contribution in [3.05, 3.63) is 12.3 Å². The Morgan fingerprint density at radius 1 is 1.17 bits per heavy atom. The zero-order valence-electron chi connectivity index (χ0n) is 8.89. The Kier molecular flexibility index (Phi) is 6.16. The second-order valence-electron chi connectivity index (χ2n) is 3.79. The first-order chi connectivity index (χ1) is 5.62. The molecule has 0 N–H and O–H groups in total. The molecule has 0 unspecified atom stereocenters. The van der Waals surface area contributed by atoms with Crippen LogP contribution >= 0.6 is 0 Å². The van der Waals surface area contributed by atoms with Crippen molar-refractivity contribution in [3.63, 3.8) is 0 Å². The maximum Gasteiger partial charge on any atom is 0.244 e. The molecule has 0 aliphatic rings. The highest BCUT2D eigenvalue weighted by molar-refractivity contribution is 6.71. The van der Waals surface area contributed by atoms with Gasteiger partial charge < -0.3 is 4.43 Å². The Labute approximate surface area is 78.0 Å². The molecule has 0 saturated heterocycles. The number of allylic oxidation sites excluding steroid dienone is 1. The number of hydrogen-bond acceptors (Lipinski definition) is 1. The topological polar surface area (TPSA) is 9.23 Å². The lowest BCUT2D eigenvalue weighted by molar-refractivity contribution is 0.467. The van der Waals surface area contributed by atoms with E-state index in [1.807, 2.05) is 6.26 Å². The molecule has 0 atom stereocenters. The molecule has 12 heavy (non-hydrogen) atoms. The second kappa shape index (κ2) is 6.29. The highest BCUT2D eigenvalue weighted by Crippen LogP contribution is 2.13. The van der Waals surface area contributed by atoms with Gasteiger partial charge in [-0.3, -0.25) is 0 Å². The number of hydrogen-bond donors (Lipinski definition) is 0. The Morgan fingerprint density at radius 2 is 1.83 bits per heavy atom. The van der Waals surface area contributed by atoms with Crippen LogP contribution < -0.4 is 0 Å². The quantitative estimate of drug-likeness (QED) is 0.451. The van der Waals surface area contributed by atoms with Crippen molar-refractivity contribution < 1.29 is 4.43 Å². The predicted octanol–water partition coefficient (Wildman–Crippen LogP) is 3.93. The lowest BCUT2D eigenvalue weighted by atomic mass is 10.3. The maximum absolute atomic E-state index is 5.73. The molecular weight excluding hydrogens is 164 g/mol. The zero-order chi connectivity index (χ0) is 9.45. The number of rotatable bonds is 6. The molecule has 0 fully saturated rings. The van der Waals surface area contributed by atoms with Crippen LogP contribution in [0.1, 0.15) is 33.1 Å². The summed E-state index contributed by atoms with van der Waals surface area (Å²) >= 11 is 0. The molecule has 0 aromatic rings. The van der Waals surface area contributed by atoms with Crippen LogP contribution in [0.5, 0.6) is 0 Å². The lowest BCUT2D eigenvalue weighted by Crippen LogP contribution is -2.27. The van der Waals surface area contributed by atoms with Crippen molar-refractivity contribution in [2.24, 2.45) is 0 Å². The molecule has 1 nitrogen and oxygen atoms in total.